The Morgan fingerprint density at radius 1 is 1.00 bits per heavy atom. The highest BCUT2D eigenvalue weighted by atomic mass is 32.2. The molecule has 1 atom stereocenters. The van der Waals surface area contributed by atoms with Gasteiger partial charge in [-0.1, -0.05) is 43.3 Å². The summed E-state index contributed by atoms with van der Waals surface area (Å²) in [7, 11) is 2.14. The van der Waals surface area contributed by atoms with Gasteiger partial charge < -0.3 is 15.5 Å². The van der Waals surface area contributed by atoms with Crippen LogP contribution in [0.25, 0.3) is 10.8 Å². The number of rotatable bonds is 5. The van der Waals surface area contributed by atoms with Crippen LogP contribution >= 0.6 is 11.8 Å². The van der Waals surface area contributed by atoms with Gasteiger partial charge in [-0.25, -0.2) is 0 Å². The average molecular weight is 395 g/mol. The Labute approximate surface area is 170 Å². The van der Waals surface area contributed by atoms with Crippen molar-refractivity contribution in [3.63, 3.8) is 0 Å². The molecule has 1 fully saturated rings. The van der Waals surface area contributed by atoms with Crippen LogP contribution in [0.2, 0.25) is 0 Å². The molecule has 0 amide bonds. The van der Waals surface area contributed by atoms with Crippen LogP contribution in [0.1, 0.15) is 24.4 Å². The molecule has 0 aliphatic carbocycles. The highest BCUT2D eigenvalue weighted by molar-refractivity contribution is 7.99. The molecule has 2 N–H and O–H groups in total. The van der Waals surface area contributed by atoms with Gasteiger partial charge >= 0.3 is 0 Å². The predicted molar refractivity (Wildman–Crippen MR) is 117 cm³/mol. The van der Waals surface area contributed by atoms with Crippen LogP contribution in [0.5, 0.6) is 0 Å². The van der Waals surface area contributed by atoms with Crippen molar-refractivity contribution in [1.29, 1.82) is 0 Å². The van der Waals surface area contributed by atoms with Gasteiger partial charge in [-0.2, -0.15) is 15.0 Å². The van der Waals surface area contributed by atoms with Crippen LogP contribution in [-0.2, 0) is 0 Å². The van der Waals surface area contributed by atoms with Crippen molar-refractivity contribution in [2.45, 2.75) is 23.5 Å². The lowest BCUT2D eigenvalue weighted by atomic mass is 10.1. The molecule has 146 valence electrons. The van der Waals surface area contributed by atoms with Crippen LogP contribution < -0.4 is 10.6 Å². The van der Waals surface area contributed by atoms with E-state index in [1.807, 2.05) is 0 Å². The predicted octanol–water partition coefficient (Wildman–Crippen LogP) is 3.60. The topological polar surface area (TPSA) is 71.2 Å². The van der Waals surface area contributed by atoms with Gasteiger partial charge in [0.15, 0.2) is 0 Å². The largest absolute Gasteiger partial charge is 0.368 e. The number of fused-ring (bicyclic) bond motifs is 1. The molecule has 0 saturated carbocycles. The monoisotopic (exact) mass is 394 g/mol. The molecule has 2 heterocycles. The van der Waals surface area contributed by atoms with Crippen molar-refractivity contribution in [1.82, 2.24) is 19.9 Å². The number of nitrogens with two attached hydrogens (primary N) is 1. The third-order valence-electron chi connectivity index (χ3n) is 5.12. The van der Waals surface area contributed by atoms with Gasteiger partial charge in [0.2, 0.25) is 11.9 Å². The number of nitrogen functional groups attached to an aromatic ring is 1. The third-order valence-corrected chi connectivity index (χ3v) is 6.56. The van der Waals surface area contributed by atoms with Gasteiger partial charge in [0, 0.05) is 31.1 Å². The molecule has 3 aromatic rings. The van der Waals surface area contributed by atoms with Crippen LogP contribution in [0, 0.1) is 0 Å². The summed E-state index contributed by atoms with van der Waals surface area (Å²) in [4.78, 5) is 19.5. The first-order chi connectivity index (χ1) is 13.6. The molecule has 1 aliphatic heterocycles. The number of anilines is 2. The van der Waals surface area contributed by atoms with Gasteiger partial charge in [0.25, 0.3) is 0 Å². The number of likely N-dealkylation sites (N-methyl/N-ethyl adjacent to an activating group) is 1. The lowest BCUT2D eigenvalue weighted by Crippen LogP contribution is -2.45. The SMILES string of the molecule is CCC(Sc1cccc2ccccc12)c1nc(N)nc(N2CCN(C)CC2)n1. The maximum atomic E-state index is 6.06. The van der Waals surface area contributed by atoms with E-state index in [0.29, 0.717) is 11.9 Å². The van der Waals surface area contributed by atoms with Gasteiger partial charge in [0.05, 0.1) is 5.25 Å². The van der Waals surface area contributed by atoms with Crippen molar-refractivity contribution in [2.75, 3.05) is 43.9 Å². The lowest BCUT2D eigenvalue weighted by Gasteiger charge is -2.32. The zero-order valence-corrected chi connectivity index (χ0v) is 17.2. The number of nitrogens with zero attached hydrogens (tertiary/aromatic N) is 5. The molecule has 0 bridgehead atoms. The van der Waals surface area contributed by atoms with E-state index in [0.717, 1.165) is 38.4 Å². The summed E-state index contributed by atoms with van der Waals surface area (Å²) in [6, 6.07) is 14.9. The van der Waals surface area contributed by atoms with E-state index in [-0.39, 0.29) is 5.25 Å². The number of hydrogen-bond acceptors (Lipinski definition) is 7. The second kappa shape index (κ2) is 8.32. The summed E-state index contributed by atoms with van der Waals surface area (Å²) in [6.07, 6.45) is 0.916. The highest BCUT2D eigenvalue weighted by Crippen LogP contribution is 2.39. The second-order valence-electron chi connectivity index (χ2n) is 7.13. The Kier molecular flexibility index (Phi) is 5.64. The maximum Gasteiger partial charge on any atom is 0.230 e. The first-order valence-electron chi connectivity index (χ1n) is 9.73. The lowest BCUT2D eigenvalue weighted by molar-refractivity contribution is 0.311. The number of piperazine rings is 1. The Morgan fingerprint density at radius 3 is 2.54 bits per heavy atom. The normalized spacial score (nSPS) is 16.4. The molecule has 7 heteroatoms. The minimum Gasteiger partial charge on any atom is -0.368 e. The minimum atomic E-state index is 0.127. The Balaban J connectivity index is 1.62. The van der Waals surface area contributed by atoms with E-state index in [1.54, 1.807) is 11.8 Å². The summed E-state index contributed by atoms with van der Waals surface area (Å²) < 4.78 is 0. The van der Waals surface area contributed by atoms with Gasteiger partial charge in [-0.05, 0) is 30.3 Å². The Morgan fingerprint density at radius 2 is 1.75 bits per heavy atom. The molecule has 0 spiro atoms. The van der Waals surface area contributed by atoms with E-state index >= 15 is 0 Å². The number of benzene rings is 2. The quantitative estimate of drug-likeness (QED) is 0.663. The molecular formula is C21H26N6S. The summed E-state index contributed by atoms with van der Waals surface area (Å²) in [5.41, 5.74) is 6.06. The van der Waals surface area contributed by atoms with Crippen LogP contribution in [0.15, 0.2) is 47.4 Å². The zero-order chi connectivity index (χ0) is 19.5. The molecule has 1 saturated heterocycles. The number of aromatic nitrogens is 3. The molecular weight excluding hydrogens is 368 g/mol. The van der Waals surface area contributed by atoms with E-state index in [9.17, 15) is 0 Å². The summed E-state index contributed by atoms with van der Waals surface area (Å²) in [6.45, 7) is 5.99. The fourth-order valence-electron chi connectivity index (χ4n) is 3.46. The molecule has 1 aliphatic rings. The second-order valence-corrected chi connectivity index (χ2v) is 8.38. The molecule has 1 aromatic heterocycles. The van der Waals surface area contributed by atoms with E-state index in [1.165, 1.54) is 15.7 Å². The third kappa shape index (κ3) is 4.05. The van der Waals surface area contributed by atoms with E-state index < -0.39 is 0 Å². The number of hydrogen-bond donors (Lipinski definition) is 1. The maximum absolute atomic E-state index is 6.06. The summed E-state index contributed by atoms with van der Waals surface area (Å²) in [5, 5.41) is 2.63. The first-order valence-corrected chi connectivity index (χ1v) is 10.6. The fourth-order valence-corrected chi connectivity index (χ4v) is 4.61. The van der Waals surface area contributed by atoms with Gasteiger partial charge in [-0.15, -0.1) is 11.8 Å². The van der Waals surface area contributed by atoms with Crippen molar-refractivity contribution in [3.8, 4) is 0 Å². The molecule has 4 rings (SSSR count). The van der Waals surface area contributed by atoms with E-state index in [2.05, 4.69) is 76.2 Å². The van der Waals surface area contributed by atoms with Crippen LogP contribution in [0.4, 0.5) is 11.9 Å². The highest BCUT2D eigenvalue weighted by Gasteiger charge is 2.22. The Hall–Kier alpha value is -2.38. The summed E-state index contributed by atoms with van der Waals surface area (Å²) >= 11 is 1.80. The van der Waals surface area contributed by atoms with Gasteiger partial charge in [-0.3, -0.25) is 0 Å². The van der Waals surface area contributed by atoms with Crippen molar-refractivity contribution < 1.29 is 0 Å². The molecule has 0 radical (unpaired) electrons. The average Bonchev–Trinajstić information content (AvgIpc) is 2.72. The van der Waals surface area contributed by atoms with Crippen molar-refractivity contribution >= 4 is 34.4 Å². The van der Waals surface area contributed by atoms with Gasteiger partial charge in [0.1, 0.15) is 5.82 Å². The van der Waals surface area contributed by atoms with Crippen LogP contribution in [-0.4, -0.2) is 53.1 Å². The molecule has 6 nitrogen and oxygen atoms in total. The first kappa shape index (κ1) is 19.0. The molecule has 2 aromatic carbocycles. The zero-order valence-electron chi connectivity index (χ0n) is 16.4. The Bertz CT molecular complexity index is 949. The summed E-state index contributed by atoms with van der Waals surface area (Å²) in [5.74, 6) is 1.77. The minimum absolute atomic E-state index is 0.127. The van der Waals surface area contributed by atoms with Crippen molar-refractivity contribution in [3.05, 3.63) is 48.3 Å². The van der Waals surface area contributed by atoms with E-state index in [4.69, 9.17) is 10.7 Å². The number of thioether (sulfide) groups is 1. The smallest absolute Gasteiger partial charge is 0.230 e. The molecule has 1 unspecified atom stereocenters. The standard InChI is InChI=1S/C21H26N6S/c1-3-17(28-18-10-6-8-15-7-4-5-9-16(15)18)19-23-20(22)25-21(24-19)27-13-11-26(2)12-14-27/h4-10,17H,3,11-14H2,1-2H3,(H2,22,23,24,25). The van der Waals surface area contributed by atoms with Crippen molar-refractivity contribution in [2.24, 2.45) is 0 Å². The fraction of sp³-hybridized carbons (Fsp3) is 0.381. The van der Waals surface area contributed by atoms with Crippen LogP contribution in [0.3, 0.4) is 0 Å². The molecule has 28 heavy (non-hydrogen) atoms.